The van der Waals surface area contributed by atoms with Gasteiger partial charge in [0.15, 0.2) is 0 Å². The fraction of sp³-hybridized carbons (Fsp3) is 1.00. The molecule has 3 rings (SSSR count). The minimum atomic E-state index is 0.897. The van der Waals surface area contributed by atoms with Gasteiger partial charge in [-0.3, -0.25) is 4.90 Å². The van der Waals surface area contributed by atoms with Gasteiger partial charge >= 0.3 is 0 Å². The van der Waals surface area contributed by atoms with Gasteiger partial charge in [-0.05, 0) is 56.3 Å². The average Bonchev–Trinajstić information content (AvgIpc) is 2.57. The SMILES string of the molecule is CC(C)C1CCC(N2CCN(CC3CCCCC3)CC2)CC1. The van der Waals surface area contributed by atoms with Crippen LogP contribution in [0, 0.1) is 17.8 Å². The zero-order valence-electron chi connectivity index (χ0n) is 15.1. The van der Waals surface area contributed by atoms with Crippen molar-refractivity contribution < 1.29 is 0 Å². The largest absolute Gasteiger partial charge is 0.301 e. The average molecular weight is 307 g/mol. The summed E-state index contributed by atoms with van der Waals surface area (Å²) in [7, 11) is 0. The molecule has 22 heavy (non-hydrogen) atoms. The summed E-state index contributed by atoms with van der Waals surface area (Å²) < 4.78 is 0. The van der Waals surface area contributed by atoms with E-state index in [0.29, 0.717) is 0 Å². The molecule has 1 heterocycles. The van der Waals surface area contributed by atoms with E-state index >= 15 is 0 Å². The van der Waals surface area contributed by atoms with Gasteiger partial charge in [0.1, 0.15) is 0 Å². The maximum atomic E-state index is 2.83. The zero-order chi connectivity index (χ0) is 15.4. The van der Waals surface area contributed by atoms with E-state index < -0.39 is 0 Å². The summed E-state index contributed by atoms with van der Waals surface area (Å²) >= 11 is 0. The Labute approximate surface area is 138 Å². The lowest BCUT2D eigenvalue weighted by Crippen LogP contribution is -2.52. The molecule has 0 spiro atoms. The Bertz CT molecular complexity index is 306. The van der Waals surface area contributed by atoms with E-state index in [4.69, 9.17) is 0 Å². The molecule has 3 aliphatic rings. The minimum absolute atomic E-state index is 0.897. The predicted octanol–water partition coefficient (Wildman–Crippen LogP) is 4.40. The smallest absolute Gasteiger partial charge is 0.0113 e. The van der Waals surface area contributed by atoms with Gasteiger partial charge in [-0.15, -0.1) is 0 Å². The molecular weight excluding hydrogens is 268 g/mol. The second-order valence-electron chi connectivity index (χ2n) is 8.65. The lowest BCUT2D eigenvalue weighted by Gasteiger charge is -2.43. The Morgan fingerprint density at radius 1 is 0.773 bits per heavy atom. The lowest BCUT2D eigenvalue weighted by atomic mass is 9.79. The third-order valence-corrected chi connectivity index (χ3v) is 6.85. The van der Waals surface area contributed by atoms with Crippen LogP contribution in [0.4, 0.5) is 0 Å². The molecule has 1 aliphatic heterocycles. The molecule has 3 fully saturated rings. The van der Waals surface area contributed by atoms with Crippen LogP contribution in [0.3, 0.4) is 0 Å². The van der Waals surface area contributed by atoms with Gasteiger partial charge in [-0.25, -0.2) is 0 Å². The van der Waals surface area contributed by atoms with Crippen molar-refractivity contribution >= 4 is 0 Å². The van der Waals surface area contributed by atoms with E-state index in [9.17, 15) is 0 Å². The Balaban J connectivity index is 1.37. The van der Waals surface area contributed by atoms with Crippen LogP contribution >= 0.6 is 0 Å². The van der Waals surface area contributed by atoms with E-state index in [1.165, 1.54) is 90.5 Å². The second-order valence-corrected chi connectivity index (χ2v) is 8.65. The van der Waals surface area contributed by atoms with Crippen molar-refractivity contribution in [3.05, 3.63) is 0 Å². The van der Waals surface area contributed by atoms with Crippen LogP contribution in [-0.2, 0) is 0 Å². The first kappa shape index (κ1) is 16.8. The molecule has 0 aromatic heterocycles. The Morgan fingerprint density at radius 3 is 2.00 bits per heavy atom. The van der Waals surface area contributed by atoms with Crippen LogP contribution in [0.2, 0.25) is 0 Å². The van der Waals surface area contributed by atoms with Gasteiger partial charge in [-0.1, -0.05) is 33.1 Å². The molecule has 2 nitrogen and oxygen atoms in total. The quantitative estimate of drug-likeness (QED) is 0.759. The van der Waals surface area contributed by atoms with E-state index in [1.54, 1.807) is 0 Å². The molecule has 2 aliphatic carbocycles. The summed E-state index contributed by atoms with van der Waals surface area (Å²) in [6.07, 6.45) is 13.3. The van der Waals surface area contributed by atoms with Gasteiger partial charge in [-0.2, -0.15) is 0 Å². The standard InChI is InChI=1S/C20H38N2/c1-17(2)19-8-10-20(11-9-19)22-14-12-21(13-15-22)16-18-6-4-3-5-7-18/h17-20H,3-16H2,1-2H3. The fourth-order valence-electron chi connectivity index (χ4n) is 5.18. The first-order valence-electron chi connectivity index (χ1n) is 10.2. The van der Waals surface area contributed by atoms with Crippen molar-refractivity contribution in [2.45, 2.75) is 77.7 Å². The molecule has 2 saturated carbocycles. The number of rotatable bonds is 4. The topological polar surface area (TPSA) is 6.48 Å². The van der Waals surface area contributed by atoms with Crippen molar-refractivity contribution in [2.24, 2.45) is 17.8 Å². The molecule has 0 aromatic rings. The van der Waals surface area contributed by atoms with Gasteiger partial charge in [0.2, 0.25) is 0 Å². The highest BCUT2D eigenvalue weighted by atomic mass is 15.3. The highest BCUT2D eigenvalue weighted by molar-refractivity contribution is 4.84. The summed E-state index contributed by atoms with van der Waals surface area (Å²) in [4.78, 5) is 5.60. The lowest BCUT2D eigenvalue weighted by molar-refractivity contribution is 0.0562. The van der Waals surface area contributed by atoms with Crippen molar-refractivity contribution in [3.63, 3.8) is 0 Å². The Hall–Kier alpha value is -0.0800. The van der Waals surface area contributed by atoms with Crippen LogP contribution in [-0.4, -0.2) is 48.6 Å². The summed E-state index contributed by atoms with van der Waals surface area (Å²) in [5.74, 6) is 2.92. The molecule has 0 radical (unpaired) electrons. The predicted molar refractivity (Wildman–Crippen MR) is 95.2 cm³/mol. The van der Waals surface area contributed by atoms with Crippen molar-refractivity contribution in [2.75, 3.05) is 32.7 Å². The number of hydrogen-bond acceptors (Lipinski definition) is 2. The Kier molecular flexibility index (Phi) is 6.21. The normalized spacial score (nSPS) is 33.4. The number of nitrogens with zero attached hydrogens (tertiary/aromatic N) is 2. The van der Waals surface area contributed by atoms with Crippen LogP contribution in [0.5, 0.6) is 0 Å². The third-order valence-electron chi connectivity index (χ3n) is 6.85. The molecular formula is C20H38N2. The maximum absolute atomic E-state index is 2.83. The van der Waals surface area contributed by atoms with Crippen molar-refractivity contribution in [3.8, 4) is 0 Å². The Morgan fingerprint density at radius 2 is 1.41 bits per heavy atom. The second kappa shape index (κ2) is 8.15. The van der Waals surface area contributed by atoms with Gasteiger partial charge in [0.05, 0.1) is 0 Å². The monoisotopic (exact) mass is 306 g/mol. The first-order valence-corrected chi connectivity index (χ1v) is 10.2. The van der Waals surface area contributed by atoms with Crippen molar-refractivity contribution in [1.29, 1.82) is 0 Å². The molecule has 0 aromatic carbocycles. The molecule has 0 N–H and O–H groups in total. The molecule has 0 atom stereocenters. The molecule has 0 unspecified atom stereocenters. The van der Waals surface area contributed by atoms with Crippen LogP contribution in [0.1, 0.15) is 71.6 Å². The molecule has 1 saturated heterocycles. The zero-order valence-corrected chi connectivity index (χ0v) is 15.1. The summed E-state index contributed by atoms with van der Waals surface area (Å²) in [5, 5.41) is 0. The summed E-state index contributed by atoms with van der Waals surface area (Å²) in [5.41, 5.74) is 0. The van der Waals surface area contributed by atoms with Crippen LogP contribution in [0.25, 0.3) is 0 Å². The van der Waals surface area contributed by atoms with E-state index in [-0.39, 0.29) is 0 Å². The summed E-state index contributed by atoms with van der Waals surface area (Å²) in [6.45, 7) is 11.6. The van der Waals surface area contributed by atoms with Gasteiger partial charge < -0.3 is 4.90 Å². The van der Waals surface area contributed by atoms with E-state index in [2.05, 4.69) is 23.6 Å². The van der Waals surface area contributed by atoms with Gasteiger partial charge in [0.25, 0.3) is 0 Å². The molecule has 0 bridgehead atoms. The van der Waals surface area contributed by atoms with Crippen LogP contribution < -0.4 is 0 Å². The van der Waals surface area contributed by atoms with Crippen LogP contribution in [0.15, 0.2) is 0 Å². The van der Waals surface area contributed by atoms with E-state index in [0.717, 1.165) is 23.8 Å². The maximum Gasteiger partial charge on any atom is 0.0113 e. The fourth-order valence-corrected chi connectivity index (χ4v) is 5.18. The highest BCUT2D eigenvalue weighted by Crippen LogP contribution is 2.32. The first-order chi connectivity index (χ1) is 10.7. The molecule has 128 valence electrons. The minimum Gasteiger partial charge on any atom is -0.301 e. The van der Waals surface area contributed by atoms with Gasteiger partial charge in [0, 0.05) is 38.8 Å². The highest BCUT2D eigenvalue weighted by Gasteiger charge is 2.29. The molecule has 0 amide bonds. The molecule has 2 heteroatoms. The summed E-state index contributed by atoms with van der Waals surface area (Å²) in [6, 6.07) is 0.909. The number of piperazine rings is 1. The number of hydrogen-bond donors (Lipinski definition) is 0. The van der Waals surface area contributed by atoms with Crippen molar-refractivity contribution in [1.82, 2.24) is 9.80 Å². The third kappa shape index (κ3) is 4.47. The van der Waals surface area contributed by atoms with E-state index in [1.807, 2.05) is 0 Å².